The molecule has 0 bridgehead atoms. The molecular weight excluding hydrogens is 887 g/mol. The number of benzene rings is 3. The van der Waals surface area contributed by atoms with Crippen molar-refractivity contribution in [3.05, 3.63) is 101 Å². The number of hydrogen-bond acceptors (Lipinski definition) is 5. The minimum atomic E-state index is -0.337. The minimum absolute atomic E-state index is 0. The Morgan fingerprint density at radius 1 is 0.857 bits per heavy atom. The summed E-state index contributed by atoms with van der Waals surface area (Å²) in [6, 6.07) is 23.4. The number of carbonyl (C=O) groups excluding carboxylic acids is 1. The van der Waals surface area contributed by atoms with Crippen LogP contribution in [-0.2, 0) is 36.7 Å². The molecule has 301 valence electrons. The summed E-state index contributed by atoms with van der Waals surface area (Å²) in [6.45, 7) is 27.8. The summed E-state index contributed by atoms with van der Waals surface area (Å²) in [5.41, 5.74) is 7.58. The van der Waals surface area contributed by atoms with Crippen molar-refractivity contribution >= 4 is 48.9 Å². The Bertz CT molecular complexity index is 2340. The van der Waals surface area contributed by atoms with E-state index in [1.165, 1.54) is 54.1 Å². The molecule has 0 unspecified atom stereocenters. The first kappa shape index (κ1) is 45.1. The summed E-state index contributed by atoms with van der Waals surface area (Å²) >= 11 is 1.84. The van der Waals surface area contributed by atoms with Crippen molar-refractivity contribution < 1.29 is 34.4 Å². The van der Waals surface area contributed by atoms with E-state index >= 15 is 0 Å². The number of nitrogens with zero attached hydrogens (tertiary/aromatic N) is 1. The summed E-state index contributed by atoms with van der Waals surface area (Å²) in [7, 11) is 0. The number of rotatable bonds is 11. The molecule has 0 aliphatic carbocycles. The van der Waals surface area contributed by atoms with E-state index in [1.807, 2.05) is 59.1 Å². The van der Waals surface area contributed by atoms with Crippen LogP contribution in [0.15, 0.2) is 77.0 Å². The summed E-state index contributed by atoms with van der Waals surface area (Å²) < 4.78 is 7.45. The SMILES string of the molecule is CCC(C)(CC)C(=O)/C=C(\O)C(C)(CC)CC.Cc1c(CC(C)C)oc2ccc(-c3sc4c(-c5[c-]c6ccccc6c(C(C)(C)C)c5)nccc4c3C)cc12.[Ir]. The molecule has 0 amide bonds. The first-order valence-electron chi connectivity index (χ1n) is 20.2. The molecular formula is C50H62IrNO3S-. The maximum atomic E-state index is 12.2. The van der Waals surface area contributed by atoms with Gasteiger partial charge in [0.25, 0.3) is 0 Å². The molecule has 0 saturated heterocycles. The molecule has 3 heterocycles. The quantitative estimate of drug-likeness (QED) is 0.0798. The van der Waals surface area contributed by atoms with Crippen LogP contribution < -0.4 is 0 Å². The van der Waals surface area contributed by atoms with Crippen LogP contribution in [0.4, 0.5) is 0 Å². The van der Waals surface area contributed by atoms with E-state index in [0.29, 0.717) is 5.92 Å². The van der Waals surface area contributed by atoms with Crippen molar-refractivity contribution in [3.8, 4) is 21.7 Å². The summed E-state index contributed by atoms with van der Waals surface area (Å²) in [5.74, 6) is 1.96. The molecule has 0 aliphatic heterocycles. The monoisotopic (exact) mass is 949 g/mol. The average molecular weight is 949 g/mol. The third-order valence-electron chi connectivity index (χ3n) is 12.2. The zero-order chi connectivity index (χ0) is 40.5. The molecule has 6 rings (SSSR count). The third kappa shape index (κ3) is 9.09. The van der Waals surface area contributed by atoms with Gasteiger partial charge in [-0.05, 0) is 97.2 Å². The predicted octanol–water partition coefficient (Wildman–Crippen LogP) is 15.1. The van der Waals surface area contributed by atoms with E-state index in [0.717, 1.165) is 60.1 Å². The zero-order valence-corrected chi connectivity index (χ0v) is 39.1. The van der Waals surface area contributed by atoms with Gasteiger partial charge in [0.1, 0.15) is 17.1 Å². The van der Waals surface area contributed by atoms with Gasteiger partial charge in [0.2, 0.25) is 0 Å². The van der Waals surface area contributed by atoms with Crippen LogP contribution in [0.2, 0.25) is 0 Å². The van der Waals surface area contributed by atoms with E-state index in [1.54, 1.807) is 0 Å². The van der Waals surface area contributed by atoms with Gasteiger partial charge in [-0.15, -0.1) is 40.5 Å². The van der Waals surface area contributed by atoms with E-state index in [-0.39, 0.29) is 47.9 Å². The van der Waals surface area contributed by atoms with Gasteiger partial charge in [-0.3, -0.25) is 9.78 Å². The number of aromatic nitrogens is 1. The van der Waals surface area contributed by atoms with E-state index in [2.05, 4.69) is 109 Å². The second-order valence-corrected chi connectivity index (χ2v) is 18.4. The van der Waals surface area contributed by atoms with E-state index < -0.39 is 0 Å². The van der Waals surface area contributed by atoms with Crippen molar-refractivity contribution in [2.24, 2.45) is 16.7 Å². The number of aliphatic hydroxyl groups excluding tert-OH is 1. The van der Waals surface area contributed by atoms with Crippen LogP contribution in [0.25, 0.3) is 53.5 Å². The molecule has 3 aromatic heterocycles. The zero-order valence-electron chi connectivity index (χ0n) is 35.9. The van der Waals surface area contributed by atoms with Crippen LogP contribution in [0.1, 0.15) is 124 Å². The Morgan fingerprint density at radius 3 is 2.11 bits per heavy atom. The van der Waals surface area contributed by atoms with Crippen LogP contribution in [-0.4, -0.2) is 15.9 Å². The Balaban J connectivity index is 0.000000330. The van der Waals surface area contributed by atoms with Gasteiger partial charge in [0.15, 0.2) is 5.78 Å². The Morgan fingerprint density at radius 2 is 1.50 bits per heavy atom. The van der Waals surface area contributed by atoms with Crippen molar-refractivity contribution in [1.82, 2.24) is 4.98 Å². The number of aryl methyl sites for hydroxylation is 2. The van der Waals surface area contributed by atoms with Crippen LogP contribution in [0.3, 0.4) is 0 Å². The molecule has 0 aliphatic rings. The summed E-state index contributed by atoms with van der Waals surface area (Å²) in [5, 5.41) is 15.0. The van der Waals surface area contributed by atoms with E-state index in [9.17, 15) is 9.90 Å². The molecule has 0 atom stereocenters. The number of pyridine rings is 1. The van der Waals surface area contributed by atoms with Crippen molar-refractivity contribution in [2.75, 3.05) is 0 Å². The molecule has 6 aromatic rings. The maximum absolute atomic E-state index is 12.2. The van der Waals surface area contributed by atoms with Gasteiger partial charge in [-0.25, -0.2) is 0 Å². The van der Waals surface area contributed by atoms with Crippen molar-refractivity contribution in [1.29, 1.82) is 0 Å². The fourth-order valence-electron chi connectivity index (χ4n) is 7.25. The topological polar surface area (TPSA) is 63.3 Å². The molecule has 6 heteroatoms. The number of ketones is 1. The second-order valence-electron chi connectivity index (χ2n) is 17.4. The largest absolute Gasteiger partial charge is 0.512 e. The van der Waals surface area contributed by atoms with Crippen molar-refractivity contribution in [3.63, 3.8) is 0 Å². The fourth-order valence-corrected chi connectivity index (χ4v) is 8.56. The van der Waals surface area contributed by atoms with Crippen LogP contribution in [0.5, 0.6) is 0 Å². The van der Waals surface area contributed by atoms with Crippen molar-refractivity contribution in [2.45, 2.75) is 128 Å². The number of aliphatic hydroxyl groups is 1. The minimum Gasteiger partial charge on any atom is -0.512 e. The first-order valence-corrected chi connectivity index (χ1v) is 21.0. The first-order chi connectivity index (χ1) is 25.9. The maximum Gasteiger partial charge on any atom is 0.164 e. The van der Waals surface area contributed by atoms with Gasteiger partial charge in [-0.2, -0.15) is 0 Å². The van der Waals surface area contributed by atoms with Gasteiger partial charge in [-0.1, -0.05) is 105 Å². The molecule has 56 heavy (non-hydrogen) atoms. The third-order valence-corrected chi connectivity index (χ3v) is 13.5. The van der Waals surface area contributed by atoms with Crippen LogP contribution in [0, 0.1) is 36.7 Å². The molecule has 0 fully saturated rings. The molecule has 4 nitrogen and oxygen atoms in total. The average Bonchev–Trinajstić information content (AvgIpc) is 3.67. The predicted molar refractivity (Wildman–Crippen MR) is 236 cm³/mol. The normalized spacial score (nSPS) is 12.6. The van der Waals surface area contributed by atoms with E-state index in [4.69, 9.17) is 9.40 Å². The number of furan rings is 1. The summed E-state index contributed by atoms with van der Waals surface area (Å²) in [4.78, 5) is 18.4. The number of fused-ring (bicyclic) bond motifs is 3. The Hall–Kier alpha value is -3.57. The second kappa shape index (κ2) is 17.9. The number of hydrogen-bond donors (Lipinski definition) is 1. The number of allylic oxidation sites excluding steroid dienone is 2. The fraction of sp³-hybridized carbons (Fsp3) is 0.440. The Labute approximate surface area is 353 Å². The molecule has 3 aromatic carbocycles. The van der Waals surface area contributed by atoms with Gasteiger partial charge in [0, 0.05) is 70.3 Å². The number of thiophene rings is 1. The molecule has 0 saturated carbocycles. The van der Waals surface area contributed by atoms with Gasteiger partial charge >= 0.3 is 0 Å². The molecule has 1 radical (unpaired) electrons. The van der Waals surface area contributed by atoms with Gasteiger partial charge < -0.3 is 9.52 Å². The number of carbonyl (C=O) groups is 1. The van der Waals surface area contributed by atoms with Crippen LogP contribution >= 0.6 is 11.3 Å². The molecule has 0 spiro atoms. The standard InChI is InChI=1S/C35H34NOS.C15H28O2.Ir/c1-20(2)16-31-21(3)28-18-24(12-13-30(28)37-31)33-22(4)26-14-15-36-32(34(26)38-33)25-17-23-10-8-9-11-27(23)29(19-25)35(5,6)7;1-7-14(5,8-2)12(16)11-13(17)15(6,9-3)10-4;/h8-15,18-20H,16H2,1-7H3;11,16H,7-10H2,1-6H3;/q-1;;/b;12-11-;. The summed E-state index contributed by atoms with van der Waals surface area (Å²) in [6.07, 6.45) is 7.67. The Kier molecular flexibility index (Phi) is 14.4. The molecule has 1 N–H and O–H groups in total. The smallest absolute Gasteiger partial charge is 0.164 e. The van der Waals surface area contributed by atoms with Gasteiger partial charge in [0.05, 0.1) is 0 Å².